The van der Waals surface area contributed by atoms with Crippen molar-refractivity contribution in [3.8, 4) is 39.1 Å². The normalized spacial score (nSPS) is 15.6. The molecule has 0 saturated carbocycles. The molecule has 1 aromatic carbocycles. The average molecular weight is 499 g/mol. The molecule has 5 aromatic rings. The molecule has 0 amide bonds. The summed E-state index contributed by atoms with van der Waals surface area (Å²) >= 11 is 1.64. The van der Waals surface area contributed by atoms with Crippen molar-refractivity contribution in [2.75, 3.05) is 31.7 Å². The summed E-state index contributed by atoms with van der Waals surface area (Å²) in [5.41, 5.74) is 3.21. The Bertz CT molecular complexity index is 1530. The van der Waals surface area contributed by atoms with Crippen LogP contribution >= 0.6 is 11.3 Å². The topological polar surface area (TPSA) is 89.2 Å². The summed E-state index contributed by atoms with van der Waals surface area (Å²) < 4.78 is 7.37. The van der Waals surface area contributed by atoms with Crippen LogP contribution in [0.3, 0.4) is 0 Å². The summed E-state index contributed by atoms with van der Waals surface area (Å²) in [7, 11) is 3.58. The molecule has 36 heavy (non-hydrogen) atoms. The van der Waals surface area contributed by atoms with Crippen molar-refractivity contribution in [2.45, 2.75) is 6.42 Å². The quantitative estimate of drug-likeness (QED) is 0.365. The third-order valence-corrected chi connectivity index (χ3v) is 7.80. The Balaban J connectivity index is 1.67. The monoisotopic (exact) mass is 498 g/mol. The molecule has 0 spiro atoms. The van der Waals surface area contributed by atoms with E-state index in [1.54, 1.807) is 30.8 Å². The largest absolute Gasteiger partial charge is 0.481 e. The van der Waals surface area contributed by atoms with E-state index in [-0.39, 0.29) is 12.5 Å². The molecule has 1 aliphatic heterocycles. The predicted octanol–water partition coefficient (Wildman–Crippen LogP) is 4.65. The van der Waals surface area contributed by atoms with Gasteiger partial charge in [-0.05, 0) is 23.6 Å². The molecular formula is C27H26N6O2S. The molecule has 9 heteroatoms. The van der Waals surface area contributed by atoms with Gasteiger partial charge in [-0.25, -0.2) is 19.9 Å². The lowest BCUT2D eigenvalue weighted by Crippen LogP contribution is -2.22. The minimum absolute atomic E-state index is 0.175. The van der Waals surface area contributed by atoms with Gasteiger partial charge < -0.3 is 19.3 Å². The van der Waals surface area contributed by atoms with E-state index >= 15 is 0 Å². The molecule has 1 saturated heterocycles. The van der Waals surface area contributed by atoms with Crippen LogP contribution in [0.1, 0.15) is 6.42 Å². The van der Waals surface area contributed by atoms with Crippen LogP contribution in [0, 0.1) is 5.92 Å². The second kappa shape index (κ2) is 9.33. The van der Waals surface area contributed by atoms with Crippen molar-refractivity contribution in [2.24, 2.45) is 13.0 Å². The number of hydrogen-bond donors (Lipinski definition) is 1. The predicted molar refractivity (Wildman–Crippen MR) is 142 cm³/mol. The molecule has 6 rings (SSSR count). The van der Waals surface area contributed by atoms with E-state index in [9.17, 15) is 5.11 Å². The number of rotatable bonds is 6. The van der Waals surface area contributed by atoms with Gasteiger partial charge in [0.15, 0.2) is 11.6 Å². The Morgan fingerprint density at radius 3 is 2.67 bits per heavy atom. The first kappa shape index (κ1) is 22.6. The molecule has 1 aliphatic rings. The first-order valence-corrected chi connectivity index (χ1v) is 12.7. The molecule has 0 aliphatic carbocycles. The Hall–Kier alpha value is -3.82. The van der Waals surface area contributed by atoms with Crippen LogP contribution < -0.4 is 9.64 Å². The average Bonchev–Trinajstić information content (AvgIpc) is 3.66. The van der Waals surface area contributed by atoms with Crippen molar-refractivity contribution in [3.05, 3.63) is 61.1 Å². The highest BCUT2D eigenvalue weighted by Gasteiger charge is 2.29. The van der Waals surface area contributed by atoms with Crippen LogP contribution in [0.25, 0.3) is 43.4 Å². The van der Waals surface area contributed by atoms with Gasteiger partial charge in [-0.1, -0.05) is 30.3 Å². The third-order valence-electron chi connectivity index (χ3n) is 6.67. The van der Waals surface area contributed by atoms with E-state index in [2.05, 4.69) is 39.1 Å². The van der Waals surface area contributed by atoms with E-state index in [4.69, 9.17) is 14.7 Å². The number of aryl methyl sites for hydroxylation is 1. The van der Waals surface area contributed by atoms with Gasteiger partial charge in [-0.15, -0.1) is 11.3 Å². The lowest BCUT2D eigenvalue weighted by atomic mass is 10.00. The summed E-state index contributed by atoms with van der Waals surface area (Å²) in [4.78, 5) is 23.2. The van der Waals surface area contributed by atoms with Gasteiger partial charge in [0, 0.05) is 67.8 Å². The molecular weight excluding hydrogens is 472 g/mol. The molecule has 1 N–H and O–H groups in total. The number of hydrogen-bond acceptors (Lipinski definition) is 8. The maximum atomic E-state index is 9.83. The van der Waals surface area contributed by atoms with Crippen molar-refractivity contribution in [1.82, 2.24) is 24.5 Å². The van der Waals surface area contributed by atoms with Gasteiger partial charge in [0.1, 0.15) is 10.6 Å². The van der Waals surface area contributed by atoms with Gasteiger partial charge in [0.2, 0.25) is 5.88 Å². The second-order valence-corrected chi connectivity index (χ2v) is 9.95. The SMILES string of the molecule is COc1cc(-c2sc3nc(-c4nccn4C)nc(N4CCC(CO)C4)c3c2-c2ccccc2)ccn1. The van der Waals surface area contributed by atoms with Gasteiger partial charge >= 0.3 is 0 Å². The molecule has 4 aromatic heterocycles. The first-order valence-electron chi connectivity index (χ1n) is 11.9. The van der Waals surface area contributed by atoms with Crippen LogP contribution in [0.15, 0.2) is 61.1 Å². The van der Waals surface area contributed by atoms with Crippen LogP contribution in [0.2, 0.25) is 0 Å². The number of pyridine rings is 1. The van der Waals surface area contributed by atoms with Crippen LogP contribution in [-0.4, -0.2) is 56.4 Å². The van der Waals surface area contributed by atoms with Crippen LogP contribution in [0.4, 0.5) is 5.82 Å². The van der Waals surface area contributed by atoms with Crippen molar-refractivity contribution < 1.29 is 9.84 Å². The second-order valence-electron chi connectivity index (χ2n) is 8.96. The smallest absolute Gasteiger partial charge is 0.213 e. The highest BCUT2D eigenvalue weighted by Crippen LogP contribution is 2.48. The number of fused-ring (bicyclic) bond motifs is 1. The fourth-order valence-corrected chi connectivity index (χ4v) is 6.00. The molecule has 1 atom stereocenters. The van der Waals surface area contributed by atoms with Gasteiger partial charge in [0.05, 0.1) is 12.5 Å². The lowest BCUT2D eigenvalue weighted by molar-refractivity contribution is 0.238. The van der Waals surface area contributed by atoms with Crippen molar-refractivity contribution in [1.29, 1.82) is 0 Å². The van der Waals surface area contributed by atoms with E-state index in [1.807, 2.05) is 36.0 Å². The number of imidazole rings is 1. The maximum absolute atomic E-state index is 9.83. The Labute approximate surface area is 212 Å². The van der Waals surface area contributed by atoms with Gasteiger partial charge in [-0.3, -0.25) is 0 Å². The zero-order valence-corrected chi connectivity index (χ0v) is 20.9. The standard InChI is InChI=1S/C27H26N6O2S/c1-32-13-11-29-26(32)24-30-25(33-12-9-17(15-33)16-34)22-21(18-6-4-3-5-7-18)23(36-27(22)31-24)19-8-10-28-20(14-19)35-2/h3-8,10-11,13-14,17,34H,9,12,15-16H2,1-2H3. The number of nitrogens with zero attached hydrogens (tertiary/aromatic N) is 6. The van der Waals surface area contributed by atoms with E-state index in [1.165, 1.54) is 0 Å². The van der Waals surface area contributed by atoms with E-state index < -0.39 is 0 Å². The number of aliphatic hydroxyl groups excluding tert-OH is 1. The maximum Gasteiger partial charge on any atom is 0.213 e. The Morgan fingerprint density at radius 2 is 1.94 bits per heavy atom. The number of aliphatic hydroxyl groups is 1. The molecule has 1 fully saturated rings. The zero-order chi connectivity index (χ0) is 24.6. The number of benzene rings is 1. The lowest BCUT2D eigenvalue weighted by Gasteiger charge is -2.20. The molecule has 5 heterocycles. The number of anilines is 1. The third kappa shape index (κ3) is 3.90. The summed E-state index contributed by atoms with van der Waals surface area (Å²) in [6.07, 6.45) is 6.36. The fourth-order valence-electron chi connectivity index (χ4n) is 4.81. The molecule has 0 radical (unpaired) electrons. The summed E-state index contributed by atoms with van der Waals surface area (Å²) in [5.74, 6) is 3.00. The summed E-state index contributed by atoms with van der Waals surface area (Å²) in [6, 6.07) is 14.3. The van der Waals surface area contributed by atoms with Crippen LogP contribution in [-0.2, 0) is 7.05 Å². The number of methoxy groups -OCH3 is 1. The number of aromatic nitrogens is 5. The minimum atomic E-state index is 0.175. The van der Waals surface area contributed by atoms with Gasteiger partial charge in [-0.2, -0.15) is 0 Å². The van der Waals surface area contributed by atoms with E-state index in [0.29, 0.717) is 11.7 Å². The summed E-state index contributed by atoms with van der Waals surface area (Å²) in [5, 5.41) is 10.9. The Kier molecular flexibility index (Phi) is 5.86. The van der Waals surface area contributed by atoms with E-state index in [0.717, 1.165) is 62.9 Å². The zero-order valence-electron chi connectivity index (χ0n) is 20.1. The first-order chi connectivity index (χ1) is 17.7. The minimum Gasteiger partial charge on any atom is -0.481 e. The molecule has 182 valence electrons. The summed E-state index contributed by atoms with van der Waals surface area (Å²) in [6.45, 7) is 1.76. The number of ether oxygens (including phenoxy) is 1. The van der Waals surface area contributed by atoms with Crippen molar-refractivity contribution >= 4 is 27.4 Å². The molecule has 8 nitrogen and oxygen atoms in total. The van der Waals surface area contributed by atoms with Crippen LogP contribution in [0.5, 0.6) is 5.88 Å². The number of thiophene rings is 1. The highest BCUT2D eigenvalue weighted by atomic mass is 32.1. The highest BCUT2D eigenvalue weighted by molar-refractivity contribution is 7.22. The molecule has 0 bridgehead atoms. The Morgan fingerprint density at radius 1 is 1.08 bits per heavy atom. The fraction of sp³-hybridized carbons (Fsp3) is 0.259. The molecule has 1 unspecified atom stereocenters. The van der Waals surface area contributed by atoms with Gasteiger partial charge in [0.25, 0.3) is 0 Å². The van der Waals surface area contributed by atoms with Crippen molar-refractivity contribution in [3.63, 3.8) is 0 Å².